The van der Waals surface area contributed by atoms with E-state index in [1.165, 1.54) is 10.4 Å². The largest absolute Gasteiger partial charge is 0.482 e. The lowest BCUT2D eigenvalue weighted by Gasteiger charge is -2.32. The zero-order chi connectivity index (χ0) is 21.3. The quantitative estimate of drug-likeness (QED) is 0.776. The summed E-state index contributed by atoms with van der Waals surface area (Å²) in [4.78, 5) is 24.3. The van der Waals surface area contributed by atoms with Crippen molar-refractivity contribution in [3.63, 3.8) is 0 Å². The average molecular weight is 429 g/mol. The molecule has 1 fully saturated rings. The lowest BCUT2D eigenvalue weighted by atomic mass is 9.99. The maximum absolute atomic E-state index is 13.3. The third-order valence-corrected chi connectivity index (χ3v) is 7.33. The molecule has 2 aliphatic heterocycles. The van der Waals surface area contributed by atoms with Crippen LogP contribution in [0.4, 0.5) is 11.4 Å². The highest BCUT2D eigenvalue weighted by atomic mass is 32.2. The normalized spacial score (nSPS) is 19.4. The van der Waals surface area contributed by atoms with Crippen LogP contribution in [0.2, 0.25) is 0 Å². The number of aryl methyl sites for hydroxylation is 1. The first kappa shape index (κ1) is 20.4. The van der Waals surface area contributed by atoms with Crippen LogP contribution < -0.4 is 15.4 Å². The Hall–Kier alpha value is -2.91. The molecule has 0 spiro atoms. The molecule has 2 aliphatic rings. The first-order valence-electron chi connectivity index (χ1n) is 9.78. The van der Waals surface area contributed by atoms with E-state index in [0.717, 1.165) is 0 Å². The van der Waals surface area contributed by atoms with E-state index in [9.17, 15) is 18.0 Å². The molecule has 0 aliphatic carbocycles. The lowest BCUT2D eigenvalue weighted by molar-refractivity contribution is -0.121. The Bertz CT molecular complexity index is 1090. The van der Waals surface area contributed by atoms with E-state index in [1.54, 1.807) is 25.1 Å². The number of benzene rings is 2. The van der Waals surface area contributed by atoms with Crippen LogP contribution in [0, 0.1) is 12.8 Å². The van der Waals surface area contributed by atoms with Crippen molar-refractivity contribution in [1.29, 1.82) is 0 Å². The number of amides is 2. The number of fused-ring (bicyclic) bond motifs is 1. The number of rotatable bonds is 4. The van der Waals surface area contributed by atoms with Gasteiger partial charge in [-0.1, -0.05) is 18.2 Å². The van der Waals surface area contributed by atoms with Gasteiger partial charge < -0.3 is 15.4 Å². The Morgan fingerprint density at radius 2 is 2.00 bits per heavy atom. The predicted octanol–water partition coefficient (Wildman–Crippen LogP) is 2.37. The second-order valence-corrected chi connectivity index (χ2v) is 9.41. The van der Waals surface area contributed by atoms with Crippen molar-refractivity contribution in [3.8, 4) is 5.75 Å². The number of carbonyl (C=O) groups excluding carboxylic acids is 2. The van der Waals surface area contributed by atoms with Crippen LogP contribution in [-0.2, 0) is 19.6 Å². The van der Waals surface area contributed by atoms with Crippen LogP contribution in [-0.4, -0.2) is 44.2 Å². The van der Waals surface area contributed by atoms with E-state index in [0.29, 0.717) is 42.1 Å². The van der Waals surface area contributed by atoms with Gasteiger partial charge in [0.05, 0.1) is 16.5 Å². The van der Waals surface area contributed by atoms with E-state index in [1.807, 2.05) is 18.2 Å². The van der Waals surface area contributed by atoms with E-state index < -0.39 is 15.9 Å². The van der Waals surface area contributed by atoms with Gasteiger partial charge in [0, 0.05) is 24.8 Å². The molecule has 0 radical (unpaired) electrons. The second-order valence-electron chi connectivity index (χ2n) is 7.51. The highest BCUT2D eigenvalue weighted by molar-refractivity contribution is 7.89. The van der Waals surface area contributed by atoms with Crippen molar-refractivity contribution >= 4 is 33.2 Å². The van der Waals surface area contributed by atoms with Crippen molar-refractivity contribution in [1.82, 2.24) is 4.31 Å². The van der Waals surface area contributed by atoms with Crippen LogP contribution in [0.1, 0.15) is 18.4 Å². The molecular weight excluding hydrogens is 406 g/mol. The Balaban J connectivity index is 1.54. The molecule has 0 saturated carbocycles. The summed E-state index contributed by atoms with van der Waals surface area (Å²) in [6.07, 6.45) is 1.23. The van der Waals surface area contributed by atoms with Gasteiger partial charge in [0.25, 0.3) is 5.91 Å². The van der Waals surface area contributed by atoms with Crippen molar-refractivity contribution in [3.05, 3.63) is 48.0 Å². The van der Waals surface area contributed by atoms with E-state index in [4.69, 9.17) is 4.74 Å². The highest BCUT2D eigenvalue weighted by Crippen LogP contribution is 2.35. The number of nitrogens with one attached hydrogen (secondary N) is 2. The maximum Gasteiger partial charge on any atom is 0.262 e. The highest BCUT2D eigenvalue weighted by Gasteiger charge is 2.35. The summed E-state index contributed by atoms with van der Waals surface area (Å²) < 4.78 is 33.4. The number of ether oxygens (including phenoxy) is 1. The van der Waals surface area contributed by atoms with E-state index >= 15 is 0 Å². The fourth-order valence-corrected chi connectivity index (χ4v) is 5.52. The molecule has 1 atom stereocenters. The third-order valence-electron chi connectivity index (χ3n) is 5.32. The molecule has 9 heteroatoms. The van der Waals surface area contributed by atoms with Crippen LogP contribution >= 0.6 is 0 Å². The molecule has 1 saturated heterocycles. The standard InChI is InChI=1S/C21H23N3O5S/c1-14-10-17-18(29-13-20(25)23-17)11-19(14)30(27,28)24-9-5-6-15(12-24)21(26)22-16-7-3-2-4-8-16/h2-4,7-8,10-11,15H,5-6,9,12-13H2,1H3,(H,22,26)(H,23,25). The number of anilines is 2. The smallest absolute Gasteiger partial charge is 0.262 e. The summed E-state index contributed by atoms with van der Waals surface area (Å²) in [5.41, 5.74) is 1.66. The zero-order valence-electron chi connectivity index (χ0n) is 16.6. The Kier molecular flexibility index (Phi) is 5.48. The number of para-hydroxylation sites is 1. The van der Waals surface area contributed by atoms with Crippen LogP contribution in [0.3, 0.4) is 0 Å². The molecule has 1 unspecified atom stereocenters. The number of piperidine rings is 1. The number of nitrogens with zero attached hydrogens (tertiary/aromatic N) is 1. The molecule has 158 valence electrons. The molecule has 2 heterocycles. The first-order chi connectivity index (χ1) is 14.3. The van der Waals surface area contributed by atoms with Crippen LogP contribution in [0.5, 0.6) is 5.75 Å². The zero-order valence-corrected chi connectivity index (χ0v) is 17.4. The molecule has 2 N–H and O–H groups in total. The topological polar surface area (TPSA) is 105 Å². The first-order valence-corrected chi connectivity index (χ1v) is 11.2. The van der Waals surface area contributed by atoms with E-state index in [-0.39, 0.29) is 29.9 Å². The lowest BCUT2D eigenvalue weighted by Crippen LogP contribution is -2.43. The maximum atomic E-state index is 13.3. The Labute approximate surface area is 175 Å². The molecule has 0 bridgehead atoms. The fourth-order valence-electron chi connectivity index (χ4n) is 3.77. The van der Waals surface area contributed by atoms with Gasteiger partial charge >= 0.3 is 0 Å². The van der Waals surface area contributed by atoms with Crippen molar-refractivity contribution in [2.24, 2.45) is 5.92 Å². The Morgan fingerprint density at radius 1 is 1.23 bits per heavy atom. The van der Waals surface area contributed by atoms with Gasteiger partial charge in [-0.3, -0.25) is 9.59 Å². The molecule has 0 aromatic heterocycles. The Morgan fingerprint density at radius 3 is 2.77 bits per heavy atom. The van der Waals surface area contributed by atoms with Crippen molar-refractivity contribution in [2.45, 2.75) is 24.7 Å². The summed E-state index contributed by atoms with van der Waals surface area (Å²) in [7, 11) is -3.82. The molecular formula is C21H23N3O5S. The fraction of sp³-hybridized carbons (Fsp3) is 0.333. The van der Waals surface area contributed by atoms with Gasteiger partial charge in [-0.25, -0.2) is 8.42 Å². The summed E-state index contributed by atoms with van der Waals surface area (Å²) in [5, 5.41) is 5.54. The van der Waals surface area contributed by atoms with Crippen LogP contribution in [0.15, 0.2) is 47.4 Å². The van der Waals surface area contributed by atoms with Gasteiger partial charge in [0.2, 0.25) is 15.9 Å². The summed E-state index contributed by atoms with van der Waals surface area (Å²) >= 11 is 0. The number of hydrogen-bond acceptors (Lipinski definition) is 5. The predicted molar refractivity (Wildman–Crippen MR) is 112 cm³/mol. The molecule has 30 heavy (non-hydrogen) atoms. The molecule has 2 amide bonds. The summed E-state index contributed by atoms with van der Waals surface area (Å²) in [5.74, 6) is -0.563. The molecule has 4 rings (SSSR count). The minimum atomic E-state index is -3.82. The molecule has 2 aromatic rings. The number of hydrogen-bond donors (Lipinski definition) is 2. The van der Waals surface area contributed by atoms with Gasteiger partial charge in [-0.15, -0.1) is 0 Å². The van der Waals surface area contributed by atoms with E-state index in [2.05, 4.69) is 10.6 Å². The monoisotopic (exact) mass is 429 g/mol. The summed E-state index contributed by atoms with van der Waals surface area (Å²) in [6.45, 7) is 2.00. The van der Waals surface area contributed by atoms with Gasteiger partial charge in [0.1, 0.15) is 5.75 Å². The molecule has 8 nitrogen and oxygen atoms in total. The second kappa shape index (κ2) is 8.08. The van der Waals surface area contributed by atoms with Crippen molar-refractivity contribution < 1.29 is 22.7 Å². The van der Waals surface area contributed by atoms with Crippen LogP contribution in [0.25, 0.3) is 0 Å². The van der Waals surface area contributed by atoms with Gasteiger partial charge in [-0.2, -0.15) is 4.31 Å². The van der Waals surface area contributed by atoms with Gasteiger partial charge in [0.15, 0.2) is 6.61 Å². The number of carbonyl (C=O) groups is 2. The molecule has 2 aromatic carbocycles. The SMILES string of the molecule is Cc1cc2c(cc1S(=O)(=O)N1CCCC(C(=O)Nc3ccccc3)C1)OCC(=O)N2. The van der Waals surface area contributed by atoms with Crippen molar-refractivity contribution in [2.75, 3.05) is 30.3 Å². The third kappa shape index (κ3) is 4.03. The average Bonchev–Trinajstić information content (AvgIpc) is 2.74. The van der Waals surface area contributed by atoms with Gasteiger partial charge in [-0.05, 0) is 43.5 Å². The number of sulfonamides is 1. The minimum absolute atomic E-state index is 0.120. The minimum Gasteiger partial charge on any atom is -0.482 e. The summed E-state index contributed by atoms with van der Waals surface area (Å²) in [6, 6.07) is 12.2.